The number of rotatable bonds is 4. The molecule has 1 amide bonds. The Morgan fingerprint density at radius 1 is 1.16 bits per heavy atom. The summed E-state index contributed by atoms with van der Waals surface area (Å²) in [6, 6.07) is 12.1. The van der Waals surface area contributed by atoms with Crippen molar-refractivity contribution in [3.8, 4) is 28.1 Å². The molecule has 2 aromatic carbocycles. The van der Waals surface area contributed by atoms with E-state index in [4.69, 9.17) is 4.98 Å². The first-order valence-electron chi connectivity index (χ1n) is 12.4. The first-order chi connectivity index (χ1) is 17.8. The average Bonchev–Trinajstić information content (AvgIpc) is 3.51. The highest BCUT2D eigenvalue weighted by atomic mass is 19.1. The van der Waals surface area contributed by atoms with Crippen molar-refractivity contribution in [2.75, 3.05) is 31.1 Å². The van der Waals surface area contributed by atoms with Crippen molar-refractivity contribution in [2.45, 2.75) is 13.3 Å². The standard InChI is InChI=1S/C29H28FN5O2/c1-4-26(37)35-16-29(17-35)10-12-34(15-29)28-18(2)27(22-14-20(36)6-8-23(22)30)21-7-5-19(13-24(21)32-28)25-9-11-31-33(25)3/h4-9,11,13-14,36H,1,10,12,15-17H2,2-3H3. The monoisotopic (exact) mass is 497 g/mol. The van der Waals surface area contributed by atoms with Crippen LogP contribution in [0.2, 0.25) is 0 Å². The van der Waals surface area contributed by atoms with Crippen molar-refractivity contribution in [3.05, 3.63) is 72.7 Å². The fourth-order valence-corrected chi connectivity index (χ4v) is 5.95. The summed E-state index contributed by atoms with van der Waals surface area (Å²) >= 11 is 0. The molecule has 37 heavy (non-hydrogen) atoms. The highest BCUT2D eigenvalue weighted by molar-refractivity contribution is 6.00. The number of nitrogens with zero attached hydrogens (tertiary/aromatic N) is 5. The molecule has 1 spiro atoms. The minimum atomic E-state index is -0.398. The maximum Gasteiger partial charge on any atom is 0.245 e. The number of hydrogen-bond acceptors (Lipinski definition) is 5. The molecule has 0 bridgehead atoms. The molecule has 6 rings (SSSR count). The molecule has 8 heteroatoms. The van der Waals surface area contributed by atoms with Crippen LogP contribution in [0.4, 0.5) is 10.2 Å². The van der Waals surface area contributed by atoms with Gasteiger partial charge in [-0.3, -0.25) is 9.48 Å². The molecule has 0 radical (unpaired) electrons. The van der Waals surface area contributed by atoms with Gasteiger partial charge in [0.2, 0.25) is 5.91 Å². The van der Waals surface area contributed by atoms with Gasteiger partial charge in [0.25, 0.3) is 0 Å². The summed E-state index contributed by atoms with van der Waals surface area (Å²) in [5.74, 6) is 0.382. The number of pyridine rings is 1. The number of anilines is 1. The van der Waals surface area contributed by atoms with Gasteiger partial charge >= 0.3 is 0 Å². The average molecular weight is 498 g/mol. The number of aryl methyl sites for hydroxylation is 1. The summed E-state index contributed by atoms with van der Waals surface area (Å²) in [7, 11) is 1.89. The zero-order valence-electron chi connectivity index (χ0n) is 20.9. The lowest BCUT2D eigenvalue weighted by atomic mass is 9.79. The molecule has 4 aromatic rings. The second-order valence-corrected chi connectivity index (χ2v) is 10.2. The maximum atomic E-state index is 15.2. The largest absolute Gasteiger partial charge is 0.508 e. The molecule has 0 aliphatic carbocycles. The molecular weight excluding hydrogens is 469 g/mol. The van der Waals surface area contributed by atoms with Crippen LogP contribution in [0.1, 0.15) is 12.0 Å². The van der Waals surface area contributed by atoms with Crippen molar-refractivity contribution >= 4 is 22.6 Å². The first-order valence-corrected chi connectivity index (χ1v) is 12.4. The second-order valence-electron chi connectivity index (χ2n) is 10.2. The molecule has 0 saturated carbocycles. The molecule has 7 nitrogen and oxygen atoms in total. The Morgan fingerprint density at radius 2 is 1.97 bits per heavy atom. The highest BCUT2D eigenvalue weighted by Gasteiger charge is 2.49. The summed E-state index contributed by atoms with van der Waals surface area (Å²) in [6.45, 7) is 8.56. The van der Waals surface area contributed by atoms with Crippen LogP contribution < -0.4 is 4.90 Å². The molecule has 188 valence electrons. The van der Waals surface area contributed by atoms with Crippen LogP contribution in [0.15, 0.2) is 61.3 Å². The van der Waals surface area contributed by atoms with E-state index >= 15 is 4.39 Å². The number of aromatic hydroxyl groups is 1. The van der Waals surface area contributed by atoms with Crippen molar-refractivity contribution in [1.82, 2.24) is 19.7 Å². The number of phenols is 1. The van der Waals surface area contributed by atoms with Crippen LogP contribution in [0.5, 0.6) is 5.75 Å². The van der Waals surface area contributed by atoms with E-state index in [9.17, 15) is 9.90 Å². The van der Waals surface area contributed by atoms with Gasteiger partial charge in [0.1, 0.15) is 17.4 Å². The lowest BCUT2D eigenvalue weighted by Gasteiger charge is -2.47. The molecule has 0 unspecified atom stereocenters. The molecule has 2 aliphatic rings. The molecule has 2 aliphatic heterocycles. The topological polar surface area (TPSA) is 74.5 Å². The molecule has 0 atom stereocenters. The number of benzene rings is 2. The third-order valence-corrected chi connectivity index (χ3v) is 7.82. The van der Waals surface area contributed by atoms with Gasteiger partial charge in [0, 0.05) is 72.5 Å². The van der Waals surface area contributed by atoms with Crippen molar-refractivity contribution in [3.63, 3.8) is 0 Å². The van der Waals surface area contributed by atoms with Crippen LogP contribution in [0.3, 0.4) is 0 Å². The number of carbonyl (C=O) groups is 1. The van der Waals surface area contributed by atoms with E-state index in [0.717, 1.165) is 58.6 Å². The van der Waals surface area contributed by atoms with Gasteiger partial charge in [-0.1, -0.05) is 18.7 Å². The van der Waals surface area contributed by atoms with Crippen LogP contribution in [0, 0.1) is 18.2 Å². The zero-order valence-corrected chi connectivity index (χ0v) is 20.9. The summed E-state index contributed by atoms with van der Waals surface area (Å²) in [4.78, 5) is 21.2. The normalized spacial score (nSPS) is 16.4. The van der Waals surface area contributed by atoms with Gasteiger partial charge < -0.3 is 14.9 Å². The van der Waals surface area contributed by atoms with E-state index in [0.29, 0.717) is 18.7 Å². The molecule has 2 aromatic heterocycles. The van der Waals surface area contributed by atoms with Gasteiger partial charge in [-0.25, -0.2) is 9.37 Å². The number of amides is 1. The fraction of sp³-hybridized carbons (Fsp3) is 0.276. The predicted molar refractivity (Wildman–Crippen MR) is 142 cm³/mol. The summed E-state index contributed by atoms with van der Waals surface area (Å²) in [6.07, 6.45) is 4.08. The van der Waals surface area contributed by atoms with E-state index in [1.54, 1.807) is 6.20 Å². The fourth-order valence-electron chi connectivity index (χ4n) is 5.95. The number of aromatic nitrogens is 3. The number of hydrogen-bond donors (Lipinski definition) is 1. The predicted octanol–water partition coefficient (Wildman–Crippen LogP) is 4.68. The summed E-state index contributed by atoms with van der Waals surface area (Å²) in [5, 5.41) is 15.3. The molecule has 2 fully saturated rings. The Morgan fingerprint density at radius 3 is 2.70 bits per heavy atom. The molecular formula is C29H28FN5O2. The number of phenolic OH excluding ortho intramolecular Hbond substituents is 1. The van der Waals surface area contributed by atoms with Gasteiger partial charge in [-0.2, -0.15) is 5.10 Å². The molecule has 2 saturated heterocycles. The van der Waals surface area contributed by atoms with Gasteiger partial charge in [0.05, 0.1) is 11.2 Å². The minimum absolute atomic E-state index is 0.00962. The number of carbonyl (C=O) groups excluding carboxylic acids is 1. The van der Waals surface area contributed by atoms with Crippen LogP contribution >= 0.6 is 0 Å². The van der Waals surface area contributed by atoms with Gasteiger partial charge in [0.15, 0.2) is 0 Å². The first kappa shape index (κ1) is 23.2. The van der Waals surface area contributed by atoms with Crippen molar-refractivity contribution in [2.24, 2.45) is 12.5 Å². The summed E-state index contributed by atoms with van der Waals surface area (Å²) < 4.78 is 17.0. The van der Waals surface area contributed by atoms with Crippen LogP contribution in [-0.4, -0.2) is 56.9 Å². The Bertz CT molecular complexity index is 1570. The smallest absolute Gasteiger partial charge is 0.245 e. The van der Waals surface area contributed by atoms with E-state index in [1.807, 2.05) is 47.8 Å². The third kappa shape index (κ3) is 3.75. The van der Waals surface area contributed by atoms with Crippen molar-refractivity contribution in [1.29, 1.82) is 0 Å². The summed E-state index contributed by atoms with van der Waals surface area (Å²) in [5.41, 5.74) is 4.64. The maximum absolute atomic E-state index is 15.2. The van der Waals surface area contributed by atoms with Crippen molar-refractivity contribution < 1.29 is 14.3 Å². The third-order valence-electron chi connectivity index (χ3n) is 7.82. The molecule has 4 heterocycles. The van der Waals surface area contributed by atoms with Gasteiger partial charge in [-0.05, 0) is 49.8 Å². The highest BCUT2D eigenvalue weighted by Crippen LogP contribution is 2.44. The Labute approximate surface area is 214 Å². The number of likely N-dealkylation sites (tertiary alicyclic amines) is 1. The minimum Gasteiger partial charge on any atom is -0.508 e. The Balaban J connectivity index is 1.48. The quantitative estimate of drug-likeness (QED) is 0.415. The molecule has 1 N–H and O–H groups in total. The van der Waals surface area contributed by atoms with E-state index in [1.165, 1.54) is 24.3 Å². The lowest BCUT2D eigenvalue weighted by Crippen LogP contribution is -2.59. The Kier molecular flexibility index (Phi) is 5.29. The van der Waals surface area contributed by atoms with Gasteiger partial charge in [-0.15, -0.1) is 0 Å². The Hall–Kier alpha value is -4.20. The SMILES string of the molecule is C=CC(=O)N1CC2(CCN(c3nc4cc(-c5ccnn5C)ccc4c(-c4cc(O)ccc4F)c3C)C2)C1. The number of halogens is 1. The van der Waals surface area contributed by atoms with Crippen LogP contribution in [0.25, 0.3) is 33.3 Å². The van der Waals surface area contributed by atoms with E-state index in [-0.39, 0.29) is 17.1 Å². The van der Waals surface area contributed by atoms with E-state index < -0.39 is 5.82 Å². The lowest BCUT2D eigenvalue weighted by molar-refractivity contribution is -0.136. The second kappa shape index (κ2) is 8.44. The number of fused-ring (bicyclic) bond motifs is 1. The van der Waals surface area contributed by atoms with Crippen LogP contribution in [-0.2, 0) is 11.8 Å². The zero-order chi connectivity index (χ0) is 25.9. The van der Waals surface area contributed by atoms with E-state index in [2.05, 4.69) is 16.6 Å².